The van der Waals surface area contributed by atoms with E-state index in [4.69, 9.17) is 0 Å². The molecule has 1 unspecified atom stereocenters. The summed E-state index contributed by atoms with van der Waals surface area (Å²) in [5, 5.41) is -4.97. The third kappa shape index (κ3) is 2.75. The molecule has 0 heterocycles. The molecule has 1 atom stereocenters. The van der Waals surface area contributed by atoms with Crippen molar-refractivity contribution < 1.29 is 35.7 Å². The van der Waals surface area contributed by atoms with Crippen LogP contribution in [0, 0.1) is 23.2 Å². The molecule has 23 heavy (non-hydrogen) atoms. The van der Waals surface area contributed by atoms with Gasteiger partial charge in [-0.05, 0) is 56.3 Å². The normalized spacial score (nSPS) is 37.7. The van der Waals surface area contributed by atoms with Crippen molar-refractivity contribution in [3.05, 3.63) is 0 Å². The van der Waals surface area contributed by atoms with Crippen LogP contribution < -0.4 is 0 Å². The summed E-state index contributed by atoms with van der Waals surface area (Å²) in [5.41, 5.74) is -0.926. The van der Waals surface area contributed by atoms with Crippen LogP contribution in [-0.2, 0) is 19.6 Å². The van der Waals surface area contributed by atoms with Crippen LogP contribution in [0.3, 0.4) is 0 Å². The first-order valence-electron chi connectivity index (χ1n) is 7.68. The molecule has 0 saturated heterocycles. The zero-order valence-electron chi connectivity index (χ0n) is 12.3. The molecular formula is C14H18F3O5S-. The van der Waals surface area contributed by atoms with Crippen molar-refractivity contribution in [1.82, 2.24) is 0 Å². The Morgan fingerprint density at radius 1 is 1.17 bits per heavy atom. The lowest BCUT2D eigenvalue weighted by Gasteiger charge is -2.55. The second kappa shape index (κ2) is 5.34. The third-order valence-corrected chi connectivity index (χ3v) is 6.50. The van der Waals surface area contributed by atoms with Crippen molar-refractivity contribution in [2.45, 2.75) is 49.9 Å². The zero-order chi connectivity index (χ0) is 17.0. The number of hydrogen-bond acceptors (Lipinski definition) is 5. The molecule has 9 heteroatoms. The van der Waals surface area contributed by atoms with Gasteiger partial charge >= 0.3 is 11.2 Å². The molecule has 0 spiro atoms. The summed E-state index contributed by atoms with van der Waals surface area (Å²) in [6, 6.07) is 0. The highest BCUT2D eigenvalue weighted by atomic mass is 32.2. The maximum atomic E-state index is 13.5. The molecule has 0 amide bonds. The summed E-state index contributed by atoms with van der Waals surface area (Å²) in [5.74, 6) is 0.0201. The Labute approximate surface area is 132 Å². The molecule has 4 aliphatic carbocycles. The summed E-state index contributed by atoms with van der Waals surface area (Å²) in [4.78, 5) is 12.4. The van der Waals surface area contributed by atoms with E-state index in [-0.39, 0.29) is 0 Å². The van der Waals surface area contributed by atoms with Gasteiger partial charge in [-0.2, -0.15) is 8.78 Å². The van der Waals surface area contributed by atoms with Crippen molar-refractivity contribution in [3.8, 4) is 0 Å². The van der Waals surface area contributed by atoms with Gasteiger partial charge in [-0.3, -0.25) is 4.79 Å². The van der Waals surface area contributed by atoms with Gasteiger partial charge in [0, 0.05) is 0 Å². The lowest BCUT2D eigenvalue weighted by molar-refractivity contribution is -0.189. The first kappa shape index (κ1) is 17.0. The number of carbonyl (C=O) groups is 1. The SMILES string of the molecule is O=C(OC(CF)C(F)(F)S(=O)(=O)[O-])C12CC3CC(CC(C3)C1)C2. The highest BCUT2D eigenvalue weighted by Gasteiger charge is 2.57. The van der Waals surface area contributed by atoms with Gasteiger partial charge in [0.25, 0.3) is 0 Å². The smallest absolute Gasteiger partial charge is 0.372 e. The van der Waals surface area contributed by atoms with Crippen molar-refractivity contribution in [2.24, 2.45) is 23.2 Å². The van der Waals surface area contributed by atoms with Crippen LogP contribution in [-0.4, -0.2) is 37.0 Å². The first-order chi connectivity index (χ1) is 10.6. The number of rotatable bonds is 5. The number of carbonyl (C=O) groups excluding carboxylic acids is 1. The van der Waals surface area contributed by atoms with E-state index in [0.717, 1.165) is 19.3 Å². The van der Waals surface area contributed by atoms with E-state index in [2.05, 4.69) is 4.74 Å². The summed E-state index contributed by atoms with van der Waals surface area (Å²) < 4.78 is 76.3. The predicted molar refractivity (Wildman–Crippen MR) is 71.1 cm³/mol. The lowest BCUT2D eigenvalue weighted by atomic mass is 9.49. The van der Waals surface area contributed by atoms with Crippen LogP contribution in [0.2, 0.25) is 0 Å². The fraction of sp³-hybridized carbons (Fsp3) is 0.929. The van der Waals surface area contributed by atoms with E-state index in [1.165, 1.54) is 0 Å². The Morgan fingerprint density at radius 2 is 1.61 bits per heavy atom. The molecule has 4 fully saturated rings. The summed E-state index contributed by atoms with van der Waals surface area (Å²) in [6.07, 6.45) is 1.65. The average molecular weight is 355 g/mol. The quantitative estimate of drug-likeness (QED) is 0.558. The summed E-state index contributed by atoms with van der Waals surface area (Å²) in [7, 11) is -6.12. The topological polar surface area (TPSA) is 83.5 Å². The Morgan fingerprint density at radius 3 is 1.96 bits per heavy atom. The molecule has 4 rings (SSSR count). The highest BCUT2D eigenvalue weighted by Crippen LogP contribution is 2.60. The maximum absolute atomic E-state index is 13.5. The molecule has 0 radical (unpaired) electrons. The van der Waals surface area contributed by atoms with Crippen LogP contribution in [0.1, 0.15) is 38.5 Å². The van der Waals surface area contributed by atoms with E-state index < -0.39 is 39.5 Å². The standard InChI is InChI=1S/C14H19F3O5S/c15-7-11(14(16,17)23(19,20)21)22-12(18)13-4-8-1-9(5-13)3-10(2-8)6-13/h8-11H,1-7H2,(H,19,20,21)/p-1. The molecule has 0 aromatic heterocycles. The van der Waals surface area contributed by atoms with Gasteiger partial charge < -0.3 is 9.29 Å². The fourth-order valence-electron chi connectivity index (χ4n) is 4.97. The molecule has 132 valence electrons. The Kier molecular flexibility index (Phi) is 3.95. The minimum Gasteiger partial charge on any atom is -0.743 e. The molecule has 4 saturated carbocycles. The Balaban J connectivity index is 1.78. The van der Waals surface area contributed by atoms with Crippen molar-refractivity contribution >= 4 is 16.1 Å². The van der Waals surface area contributed by atoms with E-state index in [1.807, 2.05) is 0 Å². The van der Waals surface area contributed by atoms with Crippen LogP contribution in [0.25, 0.3) is 0 Å². The highest BCUT2D eigenvalue weighted by molar-refractivity contribution is 7.86. The zero-order valence-corrected chi connectivity index (χ0v) is 13.2. The van der Waals surface area contributed by atoms with Crippen molar-refractivity contribution in [2.75, 3.05) is 6.67 Å². The van der Waals surface area contributed by atoms with Gasteiger partial charge in [0.1, 0.15) is 6.67 Å². The van der Waals surface area contributed by atoms with Gasteiger partial charge in [-0.15, -0.1) is 0 Å². The average Bonchev–Trinajstić information content (AvgIpc) is 2.41. The molecular weight excluding hydrogens is 337 g/mol. The number of ether oxygens (including phenoxy) is 1. The Bertz CT molecular complexity index is 568. The van der Waals surface area contributed by atoms with Gasteiger partial charge in [0.15, 0.2) is 10.1 Å². The molecule has 5 nitrogen and oxygen atoms in total. The maximum Gasteiger partial charge on any atom is 0.372 e. The number of esters is 1. The second-order valence-corrected chi connectivity index (χ2v) is 8.71. The van der Waals surface area contributed by atoms with Crippen molar-refractivity contribution in [3.63, 3.8) is 0 Å². The molecule has 4 bridgehead atoms. The molecule has 0 aromatic rings. The van der Waals surface area contributed by atoms with Gasteiger partial charge in [0.2, 0.25) is 6.10 Å². The number of hydrogen-bond donors (Lipinski definition) is 0. The third-order valence-electron chi connectivity index (χ3n) is 5.57. The molecule has 0 aromatic carbocycles. The van der Waals surface area contributed by atoms with E-state index in [1.54, 1.807) is 0 Å². The largest absolute Gasteiger partial charge is 0.743 e. The van der Waals surface area contributed by atoms with Crippen LogP contribution in [0.4, 0.5) is 13.2 Å². The lowest BCUT2D eigenvalue weighted by Crippen LogP contribution is -2.53. The van der Waals surface area contributed by atoms with Gasteiger partial charge in [0.05, 0.1) is 5.41 Å². The van der Waals surface area contributed by atoms with Gasteiger partial charge in [-0.25, -0.2) is 12.8 Å². The second-order valence-electron chi connectivity index (χ2n) is 7.26. The Hall–Kier alpha value is -0.830. The van der Waals surface area contributed by atoms with Crippen molar-refractivity contribution in [1.29, 1.82) is 0 Å². The van der Waals surface area contributed by atoms with Crippen LogP contribution in [0.15, 0.2) is 0 Å². The summed E-state index contributed by atoms with van der Waals surface area (Å²) >= 11 is 0. The molecule has 4 aliphatic rings. The van der Waals surface area contributed by atoms with Crippen LogP contribution in [0.5, 0.6) is 0 Å². The monoisotopic (exact) mass is 355 g/mol. The molecule has 0 aliphatic heterocycles. The fourth-order valence-corrected chi connectivity index (χ4v) is 5.40. The number of alkyl halides is 3. The predicted octanol–water partition coefficient (Wildman–Crippen LogP) is 2.22. The first-order valence-corrected chi connectivity index (χ1v) is 9.08. The minimum absolute atomic E-state index is 0.335. The van der Waals surface area contributed by atoms with Crippen LogP contribution >= 0.6 is 0 Å². The molecule has 0 N–H and O–H groups in total. The van der Waals surface area contributed by atoms with E-state index >= 15 is 0 Å². The minimum atomic E-state index is -6.12. The van der Waals surface area contributed by atoms with E-state index in [9.17, 15) is 30.9 Å². The van der Waals surface area contributed by atoms with Gasteiger partial charge in [-0.1, -0.05) is 0 Å². The number of halogens is 3. The van der Waals surface area contributed by atoms with E-state index in [0.29, 0.717) is 37.0 Å². The summed E-state index contributed by atoms with van der Waals surface area (Å²) in [6.45, 7) is -1.92.